The smallest absolute Gasteiger partial charge is 0.0723 e. The number of rotatable bonds is 13. The number of hydrogen-bond donors (Lipinski definition) is 3. The molecule has 4 nitrogen and oxygen atoms in total. The molecular formula is C27H50N2O2. The van der Waals surface area contributed by atoms with E-state index in [-0.39, 0.29) is 23.7 Å². The first kappa shape index (κ1) is 26.6. The molecule has 0 aliphatic heterocycles. The van der Waals surface area contributed by atoms with Gasteiger partial charge in [-0.1, -0.05) is 56.9 Å². The van der Waals surface area contributed by atoms with Crippen LogP contribution in [-0.2, 0) is 0 Å². The number of aliphatic hydroxyl groups is 2. The highest BCUT2D eigenvalue weighted by atomic mass is 16.3. The van der Waals surface area contributed by atoms with Gasteiger partial charge < -0.3 is 20.4 Å². The van der Waals surface area contributed by atoms with Crippen molar-refractivity contribution in [3.8, 4) is 0 Å². The van der Waals surface area contributed by atoms with Gasteiger partial charge in [0.15, 0.2) is 0 Å². The fourth-order valence-electron chi connectivity index (χ4n) is 5.18. The van der Waals surface area contributed by atoms with Gasteiger partial charge in [-0.15, -0.1) is 0 Å². The third-order valence-electron chi connectivity index (χ3n) is 7.54. The molecule has 0 heterocycles. The van der Waals surface area contributed by atoms with E-state index in [1.807, 2.05) is 6.08 Å². The quantitative estimate of drug-likeness (QED) is 0.289. The van der Waals surface area contributed by atoms with Gasteiger partial charge in [0, 0.05) is 18.0 Å². The number of nitrogens with zero attached hydrogens (tertiary/aromatic N) is 1. The SMILES string of the molecule is CCCC[C@H](C)C[C@H](O)/C=C/[C@@H]1[C@H]2CC(CNCCCN(C)C(C)(C)C)=C[C@H]2C[C@H]1O. The van der Waals surface area contributed by atoms with Crippen molar-refractivity contribution >= 4 is 0 Å². The van der Waals surface area contributed by atoms with Crippen LogP contribution in [0.3, 0.4) is 0 Å². The Balaban J connectivity index is 1.72. The summed E-state index contributed by atoms with van der Waals surface area (Å²) in [4.78, 5) is 2.41. The van der Waals surface area contributed by atoms with E-state index in [1.165, 1.54) is 24.8 Å². The minimum atomic E-state index is -0.389. The van der Waals surface area contributed by atoms with Crippen molar-refractivity contribution in [3.05, 3.63) is 23.8 Å². The van der Waals surface area contributed by atoms with Crippen molar-refractivity contribution < 1.29 is 10.2 Å². The maximum atomic E-state index is 10.6. The van der Waals surface area contributed by atoms with Crippen LogP contribution in [0, 0.1) is 23.7 Å². The van der Waals surface area contributed by atoms with Crippen molar-refractivity contribution in [2.24, 2.45) is 23.7 Å². The molecule has 2 aliphatic carbocycles. The Bertz CT molecular complexity index is 580. The van der Waals surface area contributed by atoms with Crippen LogP contribution in [0.1, 0.15) is 79.6 Å². The van der Waals surface area contributed by atoms with E-state index in [2.05, 4.69) is 64.0 Å². The molecule has 180 valence electrons. The van der Waals surface area contributed by atoms with E-state index in [4.69, 9.17) is 0 Å². The summed E-state index contributed by atoms with van der Waals surface area (Å²) in [5.41, 5.74) is 1.73. The molecule has 2 aliphatic rings. The Morgan fingerprint density at radius 2 is 2.03 bits per heavy atom. The van der Waals surface area contributed by atoms with Crippen LogP contribution in [0.15, 0.2) is 23.8 Å². The van der Waals surface area contributed by atoms with Gasteiger partial charge in [0.25, 0.3) is 0 Å². The highest BCUT2D eigenvalue weighted by Gasteiger charge is 2.43. The highest BCUT2D eigenvalue weighted by Crippen LogP contribution is 2.47. The molecule has 2 rings (SSSR count). The van der Waals surface area contributed by atoms with Gasteiger partial charge in [0.1, 0.15) is 0 Å². The third-order valence-corrected chi connectivity index (χ3v) is 7.54. The maximum Gasteiger partial charge on any atom is 0.0723 e. The van der Waals surface area contributed by atoms with Crippen LogP contribution < -0.4 is 5.32 Å². The van der Waals surface area contributed by atoms with Crippen molar-refractivity contribution in [2.75, 3.05) is 26.7 Å². The molecule has 0 spiro atoms. The summed E-state index contributed by atoms with van der Waals surface area (Å²) < 4.78 is 0. The Morgan fingerprint density at radius 1 is 1.29 bits per heavy atom. The second kappa shape index (κ2) is 12.5. The van der Waals surface area contributed by atoms with E-state index in [0.29, 0.717) is 17.8 Å². The van der Waals surface area contributed by atoms with Crippen LogP contribution in [0.4, 0.5) is 0 Å². The van der Waals surface area contributed by atoms with Gasteiger partial charge in [-0.2, -0.15) is 0 Å². The zero-order chi connectivity index (χ0) is 23.0. The van der Waals surface area contributed by atoms with Gasteiger partial charge in [0.05, 0.1) is 12.2 Å². The molecule has 1 saturated carbocycles. The number of unbranched alkanes of at least 4 members (excludes halogenated alkanes) is 1. The van der Waals surface area contributed by atoms with Crippen molar-refractivity contribution in [3.63, 3.8) is 0 Å². The molecule has 6 atom stereocenters. The van der Waals surface area contributed by atoms with Crippen LogP contribution in [0.25, 0.3) is 0 Å². The average Bonchev–Trinajstić information content (AvgIpc) is 3.19. The Kier molecular flexibility index (Phi) is 10.7. The second-order valence-corrected chi connectivity index (χ2v) is 11.3. The number of aliphatic hydroxyl groups excluding tert-OH is 2. The molecular weight excluding hydrogens is 384 g/mol. The molecule has 0 amide bonds. The summed E-state index contributed by atoms with van der Waals surface area (Å²) in [6.07, 6.45) is 13.4. The summed E-state index contributed by atoms with van der Waals surface area (Å²) in [5, 5.41) is 24.6. The van der Waals surface area contributed by atoms with Crippen LogP contribution in [0.5, 0.6) is 0 Å². The topological polar surface area (TPSA) is 55.7 Å². The third kappa shape index (κ3) is 8.64. The van der Waals surface area contributed by atoms with E-state index < -0.39 is 0 Å². The molecule has 0 aromatic rings. The lowest BCUT2D eigenvalue weighted by molar-refractivity contribution is 0.139. The summed E-state index contributed by atoms with van der Waals surface area (Å²) in [6.45, 7) is 14.3. The van der Waals surface area contributed by atoms with Crippen LogP contribution in [-0.4, -0.2) is 59.5 Å². The minimum Gasteiger partial charge on any atom is -0.392 e. The fourth-order valence-corrected chi connectivity index (χ4v) is 5.18. The molecule has 0 saturated heterocycles. The lowest BCUT2D eigenvalue weighted by Gasteiger charge is -2.31. The van der Waals surface area contributed by atoms with Gasteiger partial charge in [-0.3, -0.25) is 0 Å². The summed E-state index contributed by atoms with van der Waals surface area (Å²) in [7, 11) is 2.20. The molecule has 31 heavy (non-hydrogen) atoms. The predicted octanol–water partition coefficient (Wildman–Crippen LogP) is 4.77. The molecule has 3 N–H and O–H groups in total. The predicted molar refractivity (Wildman–Crippen MR) is 132 cm³/mol. The van der Waals surface area contributed by atoms with Gasteiger partial charge in [-0.25, -0.2) is 0 Å². The fraction of sp³-hybridized carbons (Fsp3) is 0.852. The molecule has 0 aromatic carbocycles. The first-order valence-electron chi connectivity index (χ1n) is 12.8. The normalized spacial score (nSPS) is 28.4. The maximum absolute atomic E-state index is 10.6. The molecule has 0 radical (unpaired) electrons. The minimum absolute atomic E-state index is 0.180. The standard InChI is InChI=1S/C27H50N2O2/c1-7-8-10-20(2)15-23(30)11-12-24-25-17-21(16-22(25)18-26(24)31)19-28-13-9-14-29(6)27(3,4)5/h11-12,16,20,22-26,28,30-31H,7-10,13-15,17-19H2,1-6H3/b12-11+/t20-,22-,23+,24+,25-,26+/m0/s1. The summed E-state index contributed by atoms with van der Waals surface area (Å²) >= 11 is 0. The zero-order valence-corrected chi connectivity index (χ0v) is 21.1. The lowest BCUT2D eigenvalue weighted by atomic mass is 9.88. The molecule has 1 fully saturated rings. The van der Waals surface area contributed by atoms with Crippen LogP contribution in [0.2, 0.25) is 0 Å². The largest absolute Gasteiger partial charge is 0.392 e. The Hall–Kier alpha value is -0.680. The number of hydrogen-bond acceptors (Lipinski definition) is 4. The monoisotopic (exact) mass is 434 g/mol. The Labute approximate surface area is 192 Å². The lowest BCUT2D eigenvalue weighted by Crippen LogP contribution is -2.39. The Morgan fingerprint density at radius 3 is 2.71 bits per heavy atom. The van der Waals surface area contributed by atoms with Crippen molar-refractivity contribution in [1.29, 1.82) is 0 Å². The van der Waals surface area contributed by atoms with Crippen LogP contribution >= 0.6 is 0 Å². The van der Waals surface area contributed by atoms with Gasteiger partial charge >= 0.3 is 0 Å². The van der Waals surface area contributed by atoms with Crippen molar-refractivity contribution in [1.82, 2.24) is 10.2 Å². The van der Waals surface area contributed by atoms with E-state index in [0.717, 1.165) is 45.3 Å². The van der Waals surface area contributed by atoms with Gasteiger partial charge in [-0.05, 0) is 84.3 Å². The zero-order valence-electron chi connectivity index (χ0n) is 21.1. The number of nitrogens with one attached hydrogen (secondary N) is 1. The van der Waals surface area contributed by atoms with E-state index >= 15 is 0 Å². The van der Waals surface area contributed by atoms with E-state index in [1.54, 1.807) is 0 Å². The van der Waals surface area contributed by atoms with E-state index in [9.17, 15) is 10.2 Å². The number of fused-ring (bicyclic) bond motifs is 1. The number of allylic oxidation sites excluding steroid dienone is 1. The van der Waals surface area contributed by atoms with Gasteiger partial charge in [0.2, 0.25) is 0 Å². The molecule has 0 unspecified atom stereocenters. The first-order valence-corrected chi connectivity index (χ1v) is 12.8. The molecule has 4 heteroatoms. The average molecular weight is 435 g/mol. The van der Waals surface area contributed by atoms with Crippen molar-refractivity contribution in [2.45, 2.75) is 97.3 Å². The summed E-state index contributed by atoms with van der Waals surface area (Å²) in [6, 6.07) is 0. The highest BCUT2D eigenvalue weighted by molar-refractivity contribution is 5.22. The first-order chi connectivity index (χ1) is 14.6. The molecule has 0 aromatic heterocycles. The second-order valence-electron chi connectivity index (χ2n) is 11.3. The molecule has 0 bridgehead atoms. The summed E-state index contributed by atoms with van der Waals surface area (Å²) in [5.74, 6) is 1.73.